The van der Waals surface area contributed by atoms with Crippen LogP contribution in [0.4, 0.5) is 5.69 Å². The van der Waals surface area contributed by atoms with Crippen LogP contribution in [-0.2, 0) is 16.3 Å². The summed E-state index contributed by atoms with van der Waals surface area (Å²) < 4.78 is 26.5. The highest BCUT2D eigenvalue weighted by molar-refractivity contribution is 7.91. The number of hydrogen-bond donors (Lipinski definition) is 4. The third-order valence-electron chi connectivity index (χ3n) is 6.21. The highest BCUT2D eigenvalue weighted by Gasteiger charge is 2.22. The number of anilines is 1. The molecule has 0 fully saturated rings. The van der Waals surface area contributed by atoms with Gasteiger partial charge in [-0.05, 0) is 78.7 Å². The van der Waals surface area contributed by atoms with Crippen LogP contribution in [0.5, 0.6) is 0 Å². The van der Waals surface area contributed by atoms with Gasteiger partial charge in [0.1, 0.15) is 0 Å². The Hall–Kier alpha value is -4.02. The maximum Gasteiger partial charge on any atom is 0.337 e. The number of rotatable bonds is 11. The predicted octanol–water partition coefficient (Wildman–Crippen LogP) is 4.99. The van der Waals surface area contributed by atoms with E-state index in [1.54, 1.807) is 66.7 Å². The van der Waals surface area contributed by atoms with E-state index < -0.39 is 27.8 Å². The summed E-state index contributed by atoms with van der Waals surface area (Å²) in [7, 11) is -4.02. The Bertz CT molecular complexity index is 1610. The van der Waals surface area contributed by atoms with Crippen molar-refractivity contribution >= 4 is 39.0 Å². The number of hydrogen-bond acceptors (Lipinski definition) is 6. The van der Waals surface area contributed by atoms with Gasteiger partial charge in [0.15, 0.2) is 0 Å². The monoisotopic (exact) mass is 578 g/mol. The molecule has 0 unspecified atom stereocenters. The zero-order chi connectivity index (χ0) is 28.7. The zero-order valence-corrected chi connectivity index (χ0v) is 22.8. The first kappa shape index (κ1) is 29.0. The number of aliphatic hydroxyl groups excluding tert-OH is 1. The predicted molar refractivity (Wildman–Crippen MR) is 153 cm³/mol. The molecule has 40 heavy (non-hydrogen) atoms. The van der Waals surface area contributed by atoms with Gasteiger partial charge in [-0.1, -0.05) is 54.1 Å². The third-order valence-corrected chi connectivity index (χ3v) is 8.21. The molecule has 0 aromatic heterocycles. The summed E-state index contributed by atoms with van der Waals surface area (Å²) in [5, 5.41) is 26.2. The smallest absolute Gasteiger partial charge is 0.337 e. The molecular weight excluding hydrogens is 552 g/mol. The van der Waals surface area contributed by atoms with Gasteiger partial charge in [-0.2, -0.15) is 0 Å². The second kappa shape index (κ2) is 12.9. The molecule has 0 aliphatic carbocycles. The van der Waals surface area contributed by atoms with Crippen LogP contribution in [0.2, 0.25) is 5.02 Å². The number of sulfone groups is 1. The number of carboxylic acids is 1. The fourth-order valence-corrected chi connectivity index (χ4v) is 5.52. The van der Waals surface area contributed by atoms with Crippen molar-refractivity contribution < 1.29 is 28.2 Å². The van der Waals surface area contributed by atoms with Gasteiger partial charge < -0.3 is 20.8 Å². The number of carbonyl (C=O) groups excluding carboxylic acids is 1. The van der Waals surface area contributed by atoms with E-state index in [9.17, 15) is 28.2 Å². The van der Waals surface area contributed by atoms with Crippen LogP contribution < -0.4 is 10.6 Å². The number of benzene rings is 4. The van der Waals surface area contributed by atoms with Crippen molar-refractivity contribution in [2.45, 2.75) is 22.3 Å². The molecule has 0 saturated heterocycles. The lowest BCUT2D eigenvalue weighted by Crippen LogP contribution is -2.23. The molecule has 10 heteroatoms. The molecule has 206 valence electrons. The molecule has 0 radical (unpaired) electrons. The standard InChI is InChI=1S/C30H27ClN2O6S/c31-23-8-4-7-22(17-23)28(34)19-32-16-15-20-9-11-24(12-10-20)40(38,39)25-13-14-27(26(18-25)30(36)37)33-29(35)21-5-2-1-3-6-21/h1-14,17-18,28,32,34H,15-16,19H2,(H,33,35)(H,36,37)/t28-/m1/s1. The first-order valence-corrected chi connectivity index (χ1v) is 14.2. The van der Waals surface area contributed by atoms with E-state index in [0.717, 1.165) is 11.6 Å². The van der Waals surface area contributed by atoms with Crippen molar-refractivity contribution in [3.63, 3.8) is 0 Å². The Morgan fingerprint density at radius 3 is 2.23 bits per heavy atom. The lowest BCUT2D eigenvalue weighted by atomic mass is 10.1. The van der Waals surface area contributed by atoms with Crippen molar-refractivity contribution in [2.24, 2.45) is 0 Å². The van der Waals surface area contributed by atoms with Crippen LogP contribution in [0, 0.1) is 0 Å². The number of amides is 1. The summed E-state index contributed by atoms with van der Waals surface area (Å²) in [5.74, 6) is -1.88. The molecule has 0 bridgehead atoms. The molecule has 4 aromatic carbocycles. The maximum absolute atomic E-state index is 13.2. The molecule has 4 N–H and O–H groups in total. The Morgan fingerprint density at radius 1 is 0.850 bits per heavy atom. The molecule has 0 aliphatic rings. The Kier molecular flexibility index (Phi) is 9.34. The molecule has 1 atom stereocenters. The van der Waals surface area contributed by atoms with Crippen LogP contribution in [0.25, 0.3) is 0 Å². The van der Waals surface area contributed by atoms with Crippen LogP contribution in [0.15, 0.2) is 107 Å². The fraction of sp³-hybridized carbons (Fsp3) is 0.133. The lowest BCUT2D eigenvalue weighted by molar-refractivity contribution is 0.0697. The average Bonchev–Trinajstić information content (AvgIpc) is 2.96. The molecule has 1 amide bonds. The lowest BCUT2D eigenvalue weighted by Gasteiger charge is -2.13. The SMILES string of the molecule is O=C(Nc1ccc(S(=O)(=O)c2ccc(CCNC[C@@H](O)c3cccc(Cl)c3)cc2)cc1C(=O)O)c1ccccc1. The minimum atomic E-state index is -4.02. The maximum atomic E-state index is 13.2. The molecule has 0 aliphatic heterocycles. The van der Waals surface area contributed by atoms with E-state index in [1.807, 2.05) is 0 Å². The van der Waals surface area contributed by atoms with Gasteiger partial charge in [0.05, 0.1) is 27.1 Å². The minimum Gasteiger partial charge on any atom is -0.478 e. The molecule has 0 spiro atoms. The van der Waals surface area contributed by atoms with Crippen molar-refractivity contribution in [1.82, 2.24) is 5.32 Å². The topological polar surface area (TPSA) is 133 Å². The molecular formula is C30H27ClN2O6S. The number of carbonyl (C=O) groups is 2. The van der Waals surface area contributed by atoms with Crippen molar-refractivity contribution in [2.75, 3.05) is 18.4 Å². The van der Waals surface area contributed by atoms with Crippen LogP contribution >= 0.6 is 11.6 Å². The number of aromatic carboxylic acids is 1. The average molecular weight is 579 g/mol. The quantitative estimate of drug-likeness (QED) is 0.184. The second-order valence-corrected chi connectivity index (χ2v) is 11.4. The molecule has 0 saturated carbocycles. The van der Waals surface area contributed by atoms with Crippen molar-refractivity contribution in [3.05, 3.63) is 124 Å². The van der Waals surface area contributed by atoms with Crippen LogP contribution in [-0.4, -0.2) is 43.6 Å². The Morgan fingerprint density at radius 2 is 1.55 bits per heavy atom. The highest BCUT2D eigenvalue weighted by Crippen LogP contribution is 2.26. The number of carboxylic acid groups (broad SMARTS) is 1. The summed E-state index contributed by atoms with van der Waals surface area (Å²) in [6.45, 7) is 0.891. The summed E-state index contributed by atoms with van der Waals surface area (Å²) in [6, 6.07) is 25.2. The van der Waals surface area contributed by atoms with E-state index in [0.29, 0.717) is 35.7 Å². The minimum absolute atomic E-state index is 0.0105. The summed E-state index contributed by atoms with van der Waals surface area (Å²) in [5.41, 5.74) is 1.58. The van der Waals surface area contributed by atoms with Gasteiger partial charge in [-0.25, -0.2) is 13.2 Å². The molecule has 8 nitrogen and oxygen atoms in total. The van der Waals surface area contributed by atoms with Gasteiger partial charge in [0.2, 0.25) is 9.84 Å². The number of aliphatic hydroxyl groups is 1. The Balaban J connectivity index is 1.40. The first-order valence-electron chi connectivity index (χ1n) is 12.4. The molecule has 4 rings (SSSR count). The third kappa shape index (κ3) is 7.13. The normalized spacial score (nSPS) is 12.1. The van der Waals surface area contributed by atoms with Crippen LogP contribution in [0.1, 0.15) is 37.9 Å². The molecule has 4 aromatic rings. The molecule has 0 heterocycles. The summed E-state index contributed by atoms with van der Waals surface area (Å²) >= 11 is 5.97. The van der Waals surface area contributed by atoms with Gasteiger partial charge in [-0.3, -0.25) is 4.79 Å². The van der Waals surface area contributed by atoms with Crippen molar-refractivity contribution in [1.29, 1.82) is 0 Å². The summed E-state index contributed by atoms with van der Waals surface area (Å²) in [6.07, 6.45) is -0.110. The summed E-state index contributed by atoms with van der Waals surface area (Å²) in [4.78, 5) is 24.2. The van der Waals surface area contributed by atoms with Gasteiger partial charge in [0, 0.05) is 17.1 Å². The van der Waals surface area contributed by atoms with Gasteiger partial charge in [0.25, 0.3) is 5.91 Å². The van der Waals surface area contributed by atoms with E-state index in [-0.39, 0.29) is 21.0 Å². The van der Waals surface area contributed by atoms with E-state index in [2.05, 4.69) is 10.6 Å². The van der Waals surface area contributed by atoms with E-state index in [4.69, 9.17) is 11.6 Å². The second-order valence-electron chi connectivity index (χ2n) is 9.01. The zero-order valence-electron chi connectivity index (χ0n) is 21.2. The largest absolute Gasteiger partial charge is 0.478 e. The van der Waals surface area contributed by atoms with E-state index in [1.165, 1.54) is 24.3 Å². The number of halogens is 1. The van der Waals surface area contributed by atoms with Gasteiger partial charge >= 0.3 is 5.97 Å². The van der Waals surface area contributed by atoms with Gasteiger partial charge in [-0.15, -0.1) is 0 Å². The van der Waals surface area contributed by atoms with Crippen LogP contribution in [0.3, 0.4) is 0 Å². The van der Waals surface area contributed by atoms with E-state index >= 15 is 0 Å². The van der Waals surface area contributed by atoms with Crippen molar-refractivity contribution in [3.8, 4) is 0 Å². The highest BCUT2D eigenvalue weighted by atomic mass is 35.5. The number of nitrogens with one attached hydrogen (secondary N) is 2. The fourth-order valence-electron chi connectivity index (χ4n) is 4.04. The Labute approximate surface area is 237 Å². The first-order chi connectivity index (χ1) is 19.1.